The summed E-state index contributed by atoms with van der Waals surface area (Å²) in [5.74, 6) is -0.849. The van der Waals surface area contributed by atoms with Gasteiger partial charge in [0, 0.05) is 36.2 Å². The van der Waals surface area contributed by atoms with Gasteiger partial charge in [0.1, 0.15) is 0 Å². The molecule has 0 spiro atoms. The molecule has 2 aromatic rings. The highest BCUT2D eigenvalue weighted by molar-refractivity contribution is 9.10. The highest BCUT2D eigenvalue weighted by atomic mass is 79.9. The number of halogens is 1. The second-order valence-corrected chi connectivity index (χ2v) is 6.32. The molecular weight excluding hydrogens is 376 g/mol. The van der Waals surface area contributed by atoms with Gasteiger partial charge in [-0.15, -0.1) is 0 Å². The zero-order valence-electron chi connectivity index (χ0n) is 12.9. The van der Waals surface area contributed by atoms with Gasteiger partial charge in [0.25, 0.3) is 5.69 Å². The normalized spacial score (nSPS) is 10.8. The summed E-state index contributed by atoms with van der Waals surface area (Å²) < 4.78 is 0.966. The minimum atomic E-state index is -0.849. The van der Waals surface area contributed by atoms with Crippen molar-refractivity contribution in [1.29, 1.82) is 0 Å². The Bertz CT molecular complexity index is 719. The van der Waals surface area contributed by atoms with Gasteiger partial charge in [0.2, 0.25) is 0 Å². The molecule has 0 saturated heterocycles. The van der Waals surface area contributed by atoms with Gasteiger partial charge in [-0.05, 0) is 23.3 Å². The molecule has 0 fully saturated rings. The van der Waals surface area contributed by atoms with Crippen LogP contribution < -0.4 is 0 Å². The average molecular weight is 393 g/mol. The van der Waals surface area contributed by atoms with Crippen LogP contribution in [-0.2, 0) is 17.9 Å². The Morgan fingerprint density at radius 3 is 2.38 bits per heavy atom. The van der Waals surface area contributed by atoms with Crippen LogP contribution in [0.5, 0.6) is 0 Å². The van der Waals surface area contributed by atoms with Crippen molar-refractivity contribution >= 4 is 27.6 Å². The van der Waals surface area contributed by atoms with Crippen molar-refractivity contribution in [1.82, 2.24) is 4.90 Å². The predicted octanol–water partition coefficient (Wildman–Crippen LogP) is 3.83. The van der Waals surface area contributed by atoms with Crippen LogP contribution in [-0.4, -0.2) is 27.4 Å². The van der Waals surface area contributed by atoms with Gasteiger partial charge >= 0.3 is 5.97 Å². The Morgan fingerprint density at radius 1 is 1.12 bits per heavy atom. The van der Waals surface area contributed by atoms with E-state index in [4.69, 9.17) is 5.11 Å². The van der Waals surface area contributed by atoms with E-state index < -0.39 is 10.9 Å². The minimum absolute atomic E-state index is 0.0426. The first-order valence-electron chi connectivity index (χ1n) is 7.36. The number of rotatable bonds is 8. The maximum atomic E-state index is 10.9. The first kappa shape index (κ1) is 18.1. The SMILES string of the molecule is O=C(O)CCN(Cc1ccc([N+](=O)[O-])cc1)Cc1cccc(Br)c1. The van der Waals surface area contributed by atoms with Crippen LogP contribution >= 0.6 is 15.9 Å². The van der Waals surface area contributed by atoms with Crippen LogP contribution in [0.3, 0.4) is 0 Å². The molecule has 0 saturated carbocycles. The fourth-order valence-electron chi connectivity index (χ4n) is 2.34. The first-order chi connectivity index (χ1) is 11.4. The number of aliphatic carboxylic acids is 1. The molecule has 0 aliphatic carbocycles. The molecule has 1 N–H and O–H groups in total. The number of carbonyl (C=O) groups is 1. The number of nitro groups is 1. The van der Waals surface area contributed by atoms with Gasteiger partial charge in [-0.3, -0.25) is 19.8 Å². The van der Waals surface area contributed by atoms with E-state index in [9.17, 15) is 14.9 Å². The minimum Gasteiger partial charge on any atom is -0.481 e. The summed E-state index contributed by atoms with van der Waals surface area (Å²) in [6, 6.07) is 14.2. The smallest absolute Gasteiger partial charge is 0.304 e. The van der Waals surface area contributed by atoms with Gasteiger partial charge < -0.3 is 5.11 Å². The van der Waals surface area contributed by atoms with E-state index in [2.05, 4.69) is 15.9 Å². The Morgan fingerprint density at radius 2 is 1.79 bits per heavy atom. The summed E-state index contributed by atoms with van der Waals surface area (Å²) in [4.78, 5) is 23.2. The molecule has 0 amide bonds. The molecule has 6 nitrogen and oxygen atoms in total. The molecule has 24 heavy (non-hydrogen) atoms. The van der Waals surface area contributed by atoms with Crippen molar-refractivity contribution in [3.63, 3.8) is 0 Å². The van der Waals surface area contributed by atoms with E-state index in [1.54, 1.807) is 12.1 Å². The second kappa shape index (κ2) is 8.56. The van der Waals surface area contributed by atoms with Crippen molar-refractivity contribution in [2.24, 2.45) is 0 Å². The molecule has 0 aromatic heterocycles. The number of hydrogen-bond donors (Lipinski definition) is 1. The summed E-state index contributed by atoms with van der Waals surface area (Å²) in [5.41, 5.74) is 2.01. The van der Waals surface area contributed by atoms with Crippen LogP contribution in [0.2, 0.25) is 0 Å². The van der Waals surface area contributed by atoms with Gasteiger partial charge in [0.15, 0.2) is 0 Å². The molecule has 2 aromatic carbocycles. The number of non-ortho nitro benzene ring substituents is 1. The van der Waals surface area contributed by atoms with Crippen LogP contribution in [0.4, 0.5) is 5.69 Å². The van der Waals surface area contributed by atoms with Crippen LogP contribution in [0, 0.1) is 10.1 Å². The average Bonchev–Trinajstić information content (AvgIpc) is 2.53. The van der Waals surface area contributed by atoms with Gasteiger partial charge in [-0.1, -0.05) is 40.2 Å². The van der Waals surface area contributed by atoms with Gasteiger partial charge in [-0.25, -0.2) is 0 Å². The predicted molar refractivity (Wildman–Crippen MR) is 93.6 cm³/mol. The highest BCUT2D eigenvalue weighted by Gasteiger charge is 2.11. The molecule has 126 valence electrons. The third kappa shape index (κ3) is 5.75. The molecule has 0 unspecified atom stereocenters. The molecule has 0 bridgehead atoms. The molecule has 0 radical (unpaired) electrons. The topological polar surface area (TPSA) is 83.7 Å². The van der Waals surface area contributed by atoms with E-state index >= 15 is 0 Å². The van der Waals surface area contributed by atoms with Crippen molar-refractivity contribution in [3.8, 4) is 0 Å². The van der Waals surface area contributed by atoms with E-state index in [1.807, 2.05) is 29.2 Å². The summed E-state index contributed by atoms with van der Waals surface area (Å²) in [6.45, 7) is 1.53. The number of nitro benzene ring substituents is 1. The molecule has 0 aliphatic heterocycles. The van der Waals surface area contributed by atoms with E-state index in [1.165, 1.54) is 12.1 Å². The van der Waals surface area contributed by atoms with Gasteiger partial charge in [0.05, 0.1) is 11.3 Å². The lowest BCUT2D eigenvalue weighted by molar-refractivity contribution is -0.384. The lowest BCUT2D eigenvalue weighted by atomic mass is 10.1. The van der Waals surface area contributed by atoms with Crippen LogP contribution in [0.25, 0.3) is 0 Å². The lowest BCUT2D eigenvalue weighted by Crippen LogP contribution is -2.25. The lowest BCUT2D eigenvalue weighted by Gasteiger charge is -2.22. The van der Waals surface area contributed by atoms with Crippen molar-refractivity contribution in [3.05, 3.63) is 74.2 Å². The number of benzene rings is 2. The quantitative estimate of drug-likeness (QED) is 0.544. The van der Waals surface area contributed by atoms with E-state index in [0.29, 0.717) is 19.6 Å². The third-order valence-electron chi connectivity index (χ3n) is 3.49. The van der Waals surface area contributed by atoms with Crippen LogP contribution in [0.1, 0.15) is 17.5 Å². The van der Waals surface area contributed by atoms with Crippen molar-refractivity contribution < 1.29 is 14.8 Å². The Hall–Kier alpha value is -2.25. The molecule has 0 atom stereocenters. The molecule has 7 heteroatoms. The zero-order chi connectivity index (χ0) is 17.5. The maximum Gasteiger partial charge on any atom is 0.304 e. The van der Waals surface area contributed by atoms with Gasteiger partial charge in [-0.2, -0.15) is 0 Å². The highest BCUT2D eigenvalue weighted by Crippen LogP contribution is 2.17. The maximum absolute atomic E-state index is 10.9. The first-order valence-corrected chi connectivity index (χ1v) is 8.15. The van der Waals surface area contributed by atoms with Crippen LogP contribution in [0.15, 0.2) is 53.0 Å². The zero-order valence-corrected chi connectivity index (χ0v) is 14.5. The molecule has 0 heterocycles. The third-order valence-corrected chi connectivity index (χ3v) is 3.98. The fourth-order valence-corrected chi connectivity index (χ4v) is 2.79. The molecule has 2 rings (SSSR count). The number of nitrogens with zero attached hydrogens (tertiary/aromatic N) is 2. The number of carboxylic acid groups (broad SMARTS) is 1. The summed E-state index contributed by atoms with van der Waals surface area (Å²) in [6.07, 6.45) is 0.0426. The Labute approximate surface area is 148 Å². The summed E-state index contributed by atoms with van der Waals surface area (Å²) in [5, 5.41) is 19.6. The molecular formula is C17H17BrN2O4. The molecule has 0 aliphatic rings. The Balaban J connectivity index is 2.09. The van der Waals surface area contributed by atoms with Crippen molar-refractivity contribution in [2.75, 3.05) is 6.54 Å². The largest absolute Gasteiger partial charge is 0.481 e. The summed E-state index contributed by atoms with van der Waals surface area (Å²) >= 11 is 3.43. The standard InChI is InChI=1S/C17H17BrN2O4/c18-15-3-1-2-14(10-15)12-19(9-8-17(21)22)11-13-4-6-16(7-5-13)20(23)24/h1-7,10H,8-9,11-12H2,(H,21,22). The fraction of sp³-hybridized carbons (Fsp3) is 0.235. The monoisotopic (exact) mass is 392 g/mol. The Kier molecular flexibility index (Phi) is 6.45. The van der Waals surface area contributed by atoms with Crippen molar-refractivity contribution in [2.45, 2.75) is 19.5 Å². The number of hydrogen-bond acceptors (Lipinski definition) is 4. The number of carboxylic acids is 1. The second-order valence-electron chi connectivity index (χ2n) is 5.41. The summed E-state index contributed by atoms with van der Waals surface area (Å²) in [7, 11) is 0. The van der Waals surface area contributed by atoms with E-state index in [0.717, 1.165) is 15.6 Å². The van der Waals surface area contributed by atoms with E-state index in [-0.39, 0.29) is 12.1 Å².